The minimum Gasteiger partial charge on any atom is -0.493 e. The van der Waals surface area contributed by atoms with E-state index in [9.17, 15) is 0 Å². The SMILES string of the molecule is COc1cc(Cl)c(NCc2ccccc2C)cc1OC. The summed E-state index contributed by atoms with van der Waals surface area (Å²) in [5, 5.41) is 3.94. The van der Waals surface area contributed by atoms with E-state index in [-0.39, 0.29) is 0 Å². The van der Waals surface area contributed by atoms with Crippen molar-refractivity contribution in [2.75, 3.05) is 19.5 Å². The second kappa shape index (κ2) is 6.53. The summed E-state index contributed by atoms with van der Waals surface area (Å²) < 4.78 is 10.5. The fourth-order valence-electron chi connectivity index (χ4n) is 1.99. The summed E-state index contributed by atoms with van der Waals surface area (Å²) >= 11 is 6.25. The molecule has 0 spiro atoms. The maximum Gasteiger partial charge on any atom is 0.162 e. The van der Waals surface area contributed by atoms with Crippen molar-refractivity contribution in [2.24, 2.45) is 0 Å². The van der Waals surface area contributed by atoms with E-state index in [1.165, 1.54) is 11.1 Å². The van der Waals surface area contributed by atoms with Gasteiger partial charge in [-0.1, -0.05) is 35.9 Å². The molecule has 0 saturated carbocycles. The summed E-state index contributed by atoms with van der Waals surface area (Å²) in [5.74, 6) is 1.28. The molecule has 106 valence electrons. The van der Waals surface area contributed by atoms with E-state index >= 15 is 0 Å². The zero-order chi connectivity index (χ0) is 14.5. The van der Waals surface area contributed by atoms with Gasteiger partial charge in [0.1, 0.15) is 0 Å². The Bertz CT molecular complexity index is 599. The minimum atomic E-state index is 0.608. The molecule has 0 amide bonds. The van der Waals surface area contributed by atoms with E-state index < -0.39 is 0 Å². The van der Waals surface area contributed by atoms with Crippen molar-refractivity contribution in [1.29, 1.82) is 0 Å². The van der Waals surface area contributed by atoms with Gasteiger partial charge in [0.15, 0.2) is 11.5 Å². The molecule has 0 radical (unpaired) electrons. The minimum absolute atomic E-state index is 0.608. The molecule has 2 rings (SSSR count). The molecule has 0 fully saturated rings. The van der Waals surface area contributed by atoms with Crippen LogP contribution in [0.3, 0.4) is 0 Å². The lowest BCUT2D eigenvalue weighted by molar-refractivity contribution is 0.355. The maximum atomic E-state index is 6.25. The second-order valence-corrected chi connectivity index (χ2v) is 4.87. The Hall–Kier alpha value is -1.87. The third-order valence-electron chi connectivity index (χ3n) is 3.20. The lowest BCUT2D eigenvalue weighted by atomic mass is 10.1. The molecule has 2 aromatic carbocycles. The van der Waals surface area contributed by atoms with Gasteiger partial charge < -0.3 is 14.8 Å². The van der Waals surface area contributed by atoms with Crippen LogP contribution in [-0.2, 0) is 6.54 Å². The highest BCUT2D eigenvalue weighted by atomic mass is 35.5. The van der Waals surface area contributed by atoms with Crippen LogP contribution in [-0.4, -0.2) is 14.2 Å². The largest absolute Gasteiger partial charge is 0.493 e. The van der Waals surface area contributed by atoms with E-state index in [4.69, 9.17) is 21.1 Å². The van der Waals surface area contributed by atoms with Crippen molar-refractivity contribution in [3.63, 3.8) is 0 Å². The predicted octanol–water partition coefficient (Wildman–Crippen LogP) is 4.28. The van der Waals surface area contributed by atoms with Crippen molar-refractivity contribution in [3.8, 4) is 11.5 Å². The van der Waals surface area contributed by atoms with Crippen LogP contribution in [0.15, 0.2) is 36.4 Å². The Morgan fingerprint density at radius 1 is 1.05 bits per heavy atom. The van der Waals surface area contributed by atoms with Crippen molar-refractivity contribution < 1.29 is 9.47 Å². The van der Waals surface area contributed by atoms with Gasteiger partial charge in [-0.15, -0.1) is 0 Å². The molecule has 3 nitrogen and oxygen atoms in total. The second-order valence-electron chi connectivity index (χ2n) is 4.47. The molecule has 4 heteroatoms. The van der Waals surface area contributed by atoms with Gasteiger partial charge in [0.2, 0.25) is 0 Å². The number of rotatable bonds is 5. The highest BCUT2D eigenvalue weighted by molar-refractivity contribution is 6.33. The molecule has 0 heterocycles. The van der Waals surface area contributed by atoms with Crippen molar-refractivity contribution in [2.45, 2.75) is 13.5 Å². The van der Waals surface area contributed by atoms with Crippen molar-refractivity contribution in [3.05, 3.63) is 52.5 Å². The molecule has 2 aromatic rings. The molecule has 0 unspecified atom stereocenters. The molecule has 20 heavy (non-hydrogen) atoms. The molecule has 1 N–H and O–H groups in total. The van der Waals surface area contributed by atoms with Crippen LogP contribution >= 0.6 is 11.6 Å². The van der Waals surface area contributed by atoms with Crippen molar-refractivity contribution >= 4 is 17.3 Å². The first-order valence-electron chi connectivity index (χ1n) is 6.35. The summed E-state index contributed by atoms with van der Waals surface area (Å²) in [4.78, 5) is 0. The lowest BCUT2D eigenvalue weighted by Crippen LogP contribution is -2.02. The standard InChI is InChI=1S/C16H18ClNO2/c1-11-6-4-5-7-12(11)10-18-14-9-16(20-3)15(19-2)8-13(14)17/h4-9,18H,10H2,1-3H3. The number of hydrogen-bond donors (Lipinski definition) is 1. The van der Waals surface area contributed by atoms with E-state index in [0.29, 0.717) is 23.1 Å². The molecule has 0 bridgehead atoms. The van der Waals surface area contributed by atoms with Crippen molar-refractivity contribution in [1.82, 2.24) is 0 Å². The predicted molar refractivity (Wildman–Crippen MR) is 83.1 cm³/mol. The van der Waals surface area contributed by atoms with Crippen LogP contribution in [0.4, 0.5) is 5.69 Å². The average Bonchev–Trinajstić information content (AvgIpc) is 2.47. The molecular weight excluding hydrogens is 274 g/mol. The first kappa shape index (κ1) is 14.5. The molecule has 0 aliphatic rings. The normalized spacial score (nSPS) is 10.2. The summed E-state index contributed by atoms with van der Waals surface area (Å²) in [6.45, 7) is 2.80. The van der Waals surface area contributed by atoms with Gasteiger partial charge in [0.25, 0.3) is 0 Å². The number of ether oxygens (including phenoxy) is 2. The smallest absolute Gasteiger partial charge is 0.162 e. The topological polar surface area (TPSA) is 30.5 Å². The van der Waals surface area contributed by atoms with Crippen LogP contribution in [0.1, 0.15) is 11.1 Å². The van der Waals surface area contributed by atoms with E-state index in [1.807, 2.05) is 18.2 Å². The molecule has 0 aromatic heterocycles. The Labute approximate surface area is 124 Å². The van der Waals surface area contributed by atoms with E-state index in [2.05, 4.69) is 24.4 Å². The number of benzene rings is 2. The lowest BCUT2D eigenvalue weighted by Gasteiger charge is -2.14. The Morgan fingerprint density at radius 2 is 1.70 bits per heavy atom. The zero-order valence-corrected chi connectivity index (χ0v) is 12.6. The van der Waals surface area contributed by atoms with Gasteiger partial charge in [-0.2, -0.15) is 0 Å². The fraction of sp³-hybridized carbons (Fsp3) is 0.250. The highest BCUT2D eigenvalue weighted by Gasteiger charge is 2.09. The Morgan fingerprint density at radius 3 is 2.35 bits per heavy atom. The summed E-state index contributed by atoms with van der Waals surface area (Å²) in [7, 11) is 3.20. The van der Waals surface area contributed by atoms with Gasteiger partial charge in [0, 0.05) is 18.7 Å². The number of aryl methyl sites for hydroxylation is 1. The molecule has 0 saturated heterocycles. The average molecular weight is 292 g/mol. The van der Waals surface area contributed by atoms with Gasteiger partial charge in [-0.25, -0.2) is 0 Å². The van der Waals surface area contributed by atoms with Gasteiger partial charge >= 0.3 is 0 Å². The monoisotopic (exact) mass is 291 g/mol. The fourth-order valence-corrected chi connectivity index (χ4v) is 2.21. The van der Waals surface area contributed by atoms with Crippen LogP contribution in [0.25, 0.3) is 0 Å². The Kier molecular flexibility index (Phi) is 4.74. The highest BCUT2D eigenvalue weighted by Crippen LogP contribution is 2.36. The summed E-state index contributed by atoms with van der Waals surface area (Å²) in [6, 6.07) is 11.8. The van der Waals surface area contributed by atoms with E-state index in [1.54, 1.807) is 20.3 Å². The zero-order valence-electron chi connectivity index (χ0n) is 11.9. The van der Waals surface area contributed by atoms with Gasteiger partial charge in [-0.05, 0) is 18.1 Å². The maximum absolute atomic E-state index is 6.25. The third kappa shape index (κ3) is 3.17. The van der Waals surface area contributed by atoms with Crippen LogP contribution in [0, 0.1) is 6.92 Å². The number of anilines is 1. The quantitative estimate of drug-likeness (QED) is 0.892. The molecule has 0 atom stereocenters. The van der Waals surface area contributed by atoms with Gasteiger partial charge in [-0.3, -0.25) is 0 Å². The first-order chi connectivity index (χ1) is 9.65. The summed E-state index contributed by atoms with van der Waals surface area (Å²) in [5.41, 5.74) is 3.31. The number of halogens is 1. The molecular formula is C16H18ClNO2. The number of hydrogen-bond acceptors (Lipinski definition) is 3. The molecule has 0 aliphatic carbocycles. The van der Waals surface area contributed by atoms with Crippen LogP contribution in [0.5, 0.6) is 11.5 Å². The first-order valence-corrected chi connectivity index (χ1v) is 6.73. The third-order valence-corrected chi connectivity index (χ3v) is 3.52. The van der Waals surface area contributed by atoms with Gasteiger partial charge in [0.05, 0.1) is 24.9 Å². The summed E-state index contributed by atoms with van der Waals surface area (Å²) in [6.07, 6.45) is 0. The molecule has 0 aliphatic heterocycles. The van der Waals surface area contributed by atoms with E-state index in [0.717, 1.165) is 5.69 Å². The van der Waals surface area contributed by atoms with Crippen LogP contribution in [0.2, 0.25) is 5.02 Å². The Balaban J connectivity index is 2.19. The number of methoxy groups -OCH3 is 2. The van der Waals surface area contributed by atoms with Crippen LogP contribution < -0.4 is 14.8 Å². The number of nitrogens with one attached hydrogen (secondary N) is 1.